The van der Waals surface area contributed by atoms with Crippen molar-refractivity contribution in [2.24, 2.45) is 0 Å². The zero-order valence-corrected chi connectivity index (χ0v) is 55.0. The number of aliphatic hydroxyl groups excluding tert-OH is 2. The minimum Gasteiger partial charge on any atom is -0.394 e. The summed E-state index contributed by atoms with van der Waals surface area (Å²) in [6.07, 6.45) is -14.2. The minimum absolute atomic E-state index is 0.0272. The summed E-state index contributed by atoms with van der Waals surface area (Å²) in [4.78, 5) is 137. The van der Waals surface area contributed by atoms with Crippen molar-refractivity contribution < 1.29 is 108 Å². The molecule has 8 aromatic heterocycles. The molecule has 0 bridgehead atoms. The molecule has 19 atom stereocenters. The average molecular weight is 1490 g/mol. The summed E-state index contributed by atoms with van der Waals surface area (Å²) in [5, 5.41) is 21.1. The van der Waals surface area contributed by atoms with Crippen molar-refractivity contribution in [1.82, 2.24) is 77.7 Å². The summed E-state index contributed by atoms with van der Waals surface area (Å²) in [5.41, 5.74) is 20.5. The van der Waals surface area contributed by atoms with Gasteiger partial charge in [0, 0.05) is 50.1 Å². The highest BCUT2D eigenvalue weighted by Crippen LogP contribution is 2.55. The van der Waals surface area contributed by atoms with Gasteiger partial charge in [-0.2, -0.15) is 9.97 Å². The van der Waals surface area contributed by atoms with E-state index in [1.54, 1.807) is 0 Å². The van der Waals surface area contributed by atoms with Crippen molar-refractivity contribution in [2.75, 3.05) is 56.0 Å². The van der Waals surface area contributed by atoms with Gasteiger partial charge in [-0.15, -0.1) is 0 Å². The summed E-state index contributed by atoms with van der Waals surface area (Å²) < 4.78 is 136. The van der Waals surface area contributed by atoms with Crippen LogP contribution in [0.15, 0.2) is 69.3 Å². The number of hydrogen-bond donors (Lipinski definition) is 12. The fourth-order valence-electron chi connectivity index (χ4n) is 11.8. The molecule has 5 saturated heterocycles. The number of nitrogens with one attached hydrogen (secondary N) is 2. The van der Waals surface area contributed by atoms with Crippen molar-refractivity contribution in [2.45, 2.75) is 131 Å². The molecule has 8 aromatic rings. The average Bonchev–Trinajstić information content (AvgIpc) is 1.63. The number of phosphoric ester groups is 4. The molecular weight excluding hydrogens is 1420 g/mol. The maximum Gasteiger partial charge on any atom is 0.472 e. The number of aromatic nitrogens is 16. The number of nitrogens with zero attached hydrogens (tertiary/aromatic N) is 14. The fourth-order valence-corrected chi connectivity index (χ4v) is 15.7. The van der Waals surface area contributed by atoms with E-state index >= 15 is 0 Å². The second-order valence-corrected chi connectivity index (χ2v) is 28.8. The number of H-pyrrole nitrogens is 2. The monoisotopic (exact) mass is 1490 g/mol. The van der Waals surface area contributed by atoms with Gasteiger partial charge in [-0.1, -0.05) is 0 Å². The number of phosphoric acid groups is 4. The second-order valence-electron chi connectivity index (χ2n) is 23.2. The highest BCUT2D eigenvalue weighted by Gasteiger charge is 2.50. The van der Waals surface area contributed by atoms with E-state index in [-0.39, 0.29) is 81.7 Å². The lowest BCUT2D eigenvalue weighted by Crippen LogP contribution is -2.33. The van der Waals surface area contributed by atoms with E-state index in [1.807, 2.05) is 0 Å². The SMILES string of the molecule is Cc1cn([C@H]2C[C@H](OP(=O)(O)OC[C@H]3O[C@@H](n4cnc5c(N)ncnc54)C[C@@H]3O)[C@@H](COP(=O)(O)O[C@H]3C[C@H](n4cnc5c(=O)[nH]c(N)nc54)O[C@@H]3COP(=O)(O)O[C@H]3C[C@H](n4cnc5c(N)ncnc54)O[C@@H]3COP(=O)(O)O[C@H]3C[C@H](n4ccc(N)nc4=O)O[C@@H]3CO)O2)c(=O)[nH]c1=O. The third-order valence-electron chi connectivity index (χ3n) is 16.6. The molecule has 13 rings (SSSR count). The Morgan fingerprint density at radius 2 is 0.920 bits per heavy atom. The van der Waals surface area contributed by atoms with Crippen molar-refractivity contribution in [3.63, 3.8) is 0 Å². The molecule has 5 fully saturated rings. The van der Waals surface area contributed by atoms with Crippen molar-refractivity contribution in [3.05, 3.63) is 97.3 Å². The Hall–Kier alpha value is -7.63. The van der Waals surface area contributed by atoms with Crippen LogP contribution in [0.5, 0.6) is 0 Å². The number of hydrogen-bond acceptors (Lipinski definition) is 36. The quantitative estimate of drug-likeness (QED) is 0.0262. The number of rotatable bonds is 26. The molecule has 100 heavy (non-hydrogen) atoms. The van der Waals surface area contributed by atoms with Gasteiger partial charge in [-0.05, 0) is 13.0 Å². The molecule has 540 valence electrons. The van der Waals surface area contributed by atoms with Crippen molar-refractivity contribution in [3.8, 4) is 0 Å². The van der Waals surface area contributed by atoms with Crippen LogP contribution >= 0.6 is 31.3 Å². The van der Waals surface area contributed by atoms with Gasteiger partial charge in [-0.3, -0.25) is 78.6 Å². The van der Waals surface area contributed by atoms with E-state index < -0.39 is 192 Å². The van der Waals surface area contributed by atoms with Crippen LogP contribution in [0.2, 0.25) is 0 Å². The second kappa shape index (κ2) is 28.0. The molecule has 0 saturated carbocycles. The number of ether oxygens (including phenoxy) is 5. The summed E-state index contributed by atoms with van der Waals surface area (Å²) in [6.45, 7) is -3.12. The number of aryl methyl sites for hydroxylation is 1. The normalized spacial score (nSPS) is 29.6. The lowest BCUT2D eigenvalue weighted by Gasteiger charge is -2.25. The van der Waals surface area contributed by atoms with Crippen LogP contribution in [0.4, 0.5) is 23.4 Å². The highest BCUT2D eigenvalue weighted by molar-refractivity contribution is 7.48. The van der Waals surface area contributed by atoms with Gasteiger partial charge in [0.05, 0.1) is 58.1 Å². The van der Waals surface area contributed by atoms with Gasteiger partial charge < -0.3 is 76.4 Å². The van der Waals surface area contributed by atoms with Crippen LogP contribution in [-0.2, 0) is 78.1 Å². The first-order valence-corrected chi connectivity index (χ1v) is 35.9. The fraction of sp³-hybridized carbons (Fsp3) is 0.531. The molecule has 0 aliphatic carbocycles. The van der Waals surface area contributed by atoms with Gasteiger partial charge in [-0.25, -0.2) is 62.7 Å². The maximum absolute atomic E-state index is 14.3. The minimum atomic E-state index is -5.52. The smallest absolute Gasteiger partial charge is 0.394 e. The standard InChI is InChI=1S/C49H62N20O27P4/c1-20-9-66(49(75)64-45(20)72)34-6-23(94-97(76,77)84-11-27-21(71)4-32(89-27)67-17-58-37-40(51)54-15-56-42(37)67)28(90-34)12-86-99(80,81)96-25-8-36(69-19-60-39-44(69)62-47(53)63-46(39)73)92-30(25)14-87-100(82,83)95-24-7-35(68-18-59-38-41(52)55-16-57-43(38)68)91-29(24)13-85-98(78,79)93-22-5-33(88-26(22)10-70)65-3-2-31(50)61-48(65)74/h2-3,9,15-19,21-30,32-36,70-71H,4-8,10-14H2,1H3,(H,76,77)(H,78,79)(H,80,81)(H,82,83)(H2,50,61,74)(H2,51,54,56)(H2,52,55,57)(H,64,72,75)(H3,53,62,63,73)/t21-,22-,23-,24-,25-,26+,27+,28+,29+,30+,32+,33+,34+,35+,36+/m0/s1. The molecule has 0 spiro atoms. The Kier molecular flexibility index (Phi) is 19.8. The van der Waals surface area contributed by atoms with Crippen molar-refractivity contribution >= 4 is 88.2 Å². The van der Waals surface area contributed by atoms with E-state index in [0.29, 0.717) is 0 Å². The molecule has 0 radical (unpaired) electrons. The molecule has 4 unspecified atom stereocenters. The van der Waals surface area contributed by atoms with E-state index in [0.717, 1.165) is 28.0 Å². The Morgan fingerprint density at radius 3 is 1.40 bits per heavy atom. The van der Waals surface area contributed by atoms with Crippen LogP contribution in [0.1, 0.15) is 68.8 Å². The molecule has 0 aromatic carbocycles. The number of anilines is 4. The first kappa shape index (κ1) is 70.8. The lowest BCUT2D eigenvalue weighted by molar-refractivity contribution is -0.0639. The number of nitrogen functional groups attached to an aromatic ring is 4. The van der Waals surface area contributed by atoms with Crippen molar-refractivity contribution in [1.29, 1.82) is 0 Å². The number of aromatic amines is 2. The number of fused-ring (bicyclic) bond motifs is 3. The predicted octanol–water partition coefficient (Wildman–Crippen LogP) is -1.96. The largest absolute Gasteiger partial charge is 0.472 e. The Bertz CT molecular complexity index is 4840. The van der Waals surface area contributed by atoms with Crippen LogP contribution in [0.25, 0.3) is 33.5 Å². The summed E-state index contributed by atoms with van der Waals surface area (Å²) in [5.74, 6) is -0.396. The van der Waals surface area contributed by atoms with E-state index in [2.05, 4.69) is 54.8 Å². The molecule has 5 aliphatic heterocycles. The van der Waals surface area contributed by atoms with Gasteiger partial charge in [0.25, 0.3) is 11.1 Å². The summed E-state index contributed by atoms with van der Waals surface area (Å²) in [6, 6.07) is 1.30. The van der Waals surface area contributed by atoms with E-state index in [4.69, 9.17) is 82.8 Å². The van der Waals surface area contributed by atoms with Gasteiger partial charge in [0.1, 0.15) is 116 Å². The summed E-state index contributed by atoms with van der Waals surface area (Å²) >= 11 is 0. The first-order chi connectivity index (χ1) is 47.5. The molecule has 51 heteroatoms. The van der Waals surface area contributed by atoms with Gasteiger partial charge >= 0.3 is 42.7 Å². The Labute approximate surface area is 556 Å². The Morgan fingerprint density at radius 1 is 0.510 bits per heavy atom. The topological polar surface area (TPSA) is 654 Å². The molecular formula is C49H62N20O27P4. The number of nitrogens with two attached hydrogens (primary N) is 4. The Balaban J connectivity index is 0.706. The molecule has 13 heterocycles. The van der Waals surface area contributed by atoms with Crippen LogP contribution in [-0.4, -0.2) is 202 Å². The zero-order valence-electron chi connectivity index (χ0n) is 51.5. The zero-order chi connectivity index (χ0) is 70.9. The predicted molar refractivity (Wildman–Crippen MR) is 329 cm³/mol. The maximum atomic E-state index is 14.3. The van der Waals surface area contributed by atoms with Gasteiger partial charge in [0.2, 0.25) is 5.95 Å². The first-order valence-electron chi connectivity index (χ1n) is 29.9. The van der Waals surface area contributed by atoms with Crippen LogP contribution < -0.4 is 45.4 Å². The molecule has 47 nitrogen and oxygen atoms in total. The van der Waals surface area contributed by atoms with Crippen LogP contribution in [0, 0.1) is 6.92 Å². The highest BCUT2D eigenvalue weighted by atomic mass is 31.2. The van der Waals surface area contributed by atoms with E-state index in [1.165, 1.54) is 51.9 Å². The number of imidazole rings is 3. The number of aliphatic hydroxyl groups is 2. The third kappa shape index (κ3) is 15.1. The molecule has 5 aliphatic rings. The van der Waals surface area contributed by atoms with Crippen LogP contribution in [0.3, 0.4) is 0 Å². The third-order valence-corrected chi connectivity index (χ3v) is 20.6. The summed E-state index contributed by atoms with van der Waals surface area (Å²) in [7, 11) is -21.5. The molecule has 16 N–H and O–H groups in total. The van der Waals surface area contributed by atoms with Gasteiger partial charge in [0.15, 0.2) is 34.1 Å². The lowest BCUT2D eigenvalue weighted by atomic mass is 10.2. The van der Waals surface area contributed by atoms with E-state index in [9.17, 15) is 67.2 Å². The molecule has 0 amide bonds.